The second-order valence-corrected chi connectivity index (χ2v) is 3.11. The molecule has 0 saturated heterocycles. The first-order chi connectivity index (χ1) is 5.29. The quantitative estimate of drug-likeness (QED) is 0.565. The molecule has 1 unspecified atom stereocenters. The van der Waals surface area contributed by atoms with Crippen LogP contribution in [0.3, 0.4) is 0 Å². The van der Waals surface area contributed by atoms with Crippen molar-refractivity contribution >= 4 is 5.69 Å². The molecule has 1 aliphatic rings. The van der Waals surface area contributed by atoms with Crippen LogP contribution in [0, 0.1) is 0 Å². The number of benzene rings is 1. The third kappa shape index (κ3) is 0.906. The predicted octanol–water partition coefficient (Wildman–Crippen LogP) is 1.48. The molecule has 0 fully saturated rings. The number of para-hydroxylation sites is 1. The Morgan fingerprint density at radius 2 is 2.18 bits per heavy atom. The van der Waals surface area contributed by atoms with E-state index in [0.29, 0.717) is 5.92 Å². The van der Waals surface area contributed by atoms with Crippen LogP contribution >= 0.6 is 0 Å². The minimum absolute atomic E-state index is 0.580. The highest BCUT2D eigenvalue weighted by Crippen LogP contribution is 2.32. The maximum atomic E-state index is 5.77. The molecular weight excluding hydrogens is 136 g/mol. The van der Waals surface area contributed by atoms with Gasteiger partial charge in [0.15, 0.2) is 0 Å². The van der Waals surface area contributed by atoms with Crippen LogP contribution in [-0.4, -0.2) is 6.54 Å². The molecule has 1 aromatic carbocycles. The molecule has 0 saturated carbocycles. The molecule has 1 heterocycles. The number of nitrogens with zero attached hydrogens (tertiary/aromatic N) is 1. The van der Waals surface area contributed by atoms with Crippen molar-refractivity contribution in [2.75, 3.05) is 11.6 Å². The summed E-state index contributed by atoms with van der Waals surface area (Å²) in [5.74, 6) is 6.35. The molecule has 11 heavy (non-hydrogen) atoms. The highest BCUT2D eigenvalue weighted by atomic mass is 15.4. The Bertz CT molecular complexity index is 243. The summed E-state index contributed by atoms with van der Waals surface area (Å²) in [4.78, 5) is 0. The van der Waals surface area contributed by atoms with Gasteiger partial charge < -0.3 is 5.01 Å². The number of fused-ring (bicyclic) bond motifs is 1. The van der Waals surface area contributed by atoms with Crippen molar-refractivity contribution in [3.8, 4) is 0 Å². The Hall–Kier alpha value is -1.02. The molecule has 1 aromatic rings. The molecule has 0 bridgehead atoms. The van der Waals surface area contributed by atoms with Gasteiger partial charge in [0.05, 0.1) is 5.69 Å². The minimum atomic E-state index is 0.580. The Kier molecular flexibility index (Phi) is 1.36. The standard InChI is InChI=1S/C9H12N2/c1-7-6-11(10)9-5-3-2-4-8(7)9/h2-5,7H,6,10H2,1H3. The van der Waals surface area contributed by atoms with E-state index in [2.05, 4.69) is 25.1 Å². The zero-order chi connectivity index (χ0) is 7.84. The molecule has 0 aliphatic carbocycles. The highest BCUT2D eigenvalue weighted by Gasteiger charge is 2.21. The Morgan fingerprint density at radius 3 is 2.91 bits per heavy atom. The molecule has 0 spiro atoms. The molecule has 0 amide bonds. The molecule has 2 N–H and O–H groups in total. The van der Waals surface area contributed by atoms with Crippen LogP contribution in [0.4, 0.5) is 5.69 Å². The fourth-order valence-electron chi connectivity index (χ4n) is 1.66. The van der Waals surface area contributed by atoms with Crippen molar-refractivity contribution < 1.29 is 0 Å². The molecule has 2 heteroatoms. The summed E-state index contributed by atoms with van der Waals surface area (Å²) in [7, 11) is 0. The monoisotopic (exact) mass is 148 g/mol. The largest absolute Gasteiger partial charge is 0.310 e. The smallest absolute Gasteiger partial charge is 0.0552 e. The summed E-state index contributed by atoms with van der Waals surface area (Å²) in [6.07, 6.45) is 0. The van der Waals surface area contributed by atoms with Gasteiger partial charge in [-0.05, 0) is 11.6 Å². The van der Waals surface area contributed by atoms with E-state index in [4.69, 9.17) is 5.84 Å². The zero-order valence-electron chi connectivity index (χ0n) is 6.62. The number of rotatable bonds is 0. The van der Waals surface area contributed by atoms with Crippen LogP contribution in [0.25, 0.3) is 0 Å². The lowest BCUT2D eigenvalue weighted by Crippen LogP contribution is -2.28. The first kappa shape index (κ1) is 6.68. The van der Waals surface area contributed by atoms with Crippen molar-refractivity contribution in [3.63, 3.8) is 0 Å². The second-order valence-electron chi connectivity index (χ2n) is 3.11. The van der Waals surface area contributed by atoms with Crippen LogP contribution in [0.1, 0.15) is 18.4 Å². The minimum Gasteiger partial charge on any atom is -0.310 e. The van der Waals surface area contributed by atoms with Gasteiger partial charge >= 0.3 is 0 Å². The van der Waals surface area contributed by atoms with Gasteiger partial charge in [-0.15, -0.1) is 0 Å². The Morgan fingerprint density at radius 1 is 1.45 bits per heavy atom. The van der Waals surface area contributed by atoms with Gasteiger partial charge in [0.2, 0.25) is 0 Å². The molecule has 58 valence electrons. The van der Waals surface area contributed by atoms with Gasteiger partial charge in [-0.25, -0.2) is 5.84 Å². The van der Waals surface area contributed by atoms with E-state index >= 15 is 0 Å². The van der Waals surface area contributed by atoms with Gasteiger partial charge in [0.25, 0.3) is 0 Å². The molecule has 2 nitrogen and oxygen atoms in total. The summed E-state index contributed by atoms with van der Waals surface area (Å²) in [6, 6.07) is 8.30. The third-order valence-corrected chi connectivity index (χ3v) is 2.25. The molecule has 0 radical (unpaired) electrons. The van der Waals surface area contributed by atoms with Crippen molar-refractivity contribution in [1.29, 1.82) is 0 Å². The maximum absolute atomic E-state index is 5.77. The van der Waals surface area contributed by atoms with Gasteiger partial charge in [0.1, 0.15) is 0 Å². The number of anilines is 1. The summed E-state index contributed by atoms with van der Waals surface area (Å²) < 4.78 is 0. The van der Waals surface area contributed by atoms with Crippen molar-refractivity contribution in [1.82, 2.24) is 0 Å². The van der Waals surface area contributed by atoms with Crippen LogP contribution in [0.5, 0.6) is 0 Å². The lowest BCUT2D eigenvalue weighted by Gasteiger charge is -2.10. The zero-order valence-corrected chi connectivity index (χ0v) is 6.62. The lowest BCUT2D eigenvalue weighted by atomic mass is 10.0. The normalized spacial score (nSPS) is 22.0. The van der Waals surface area contributed by atoms with E-state index in [-0.39, 0.29) is 0 Å². The topological polar surface area (TPSA) is 29.3 Å². The summed E-state index contributed by atoms with van der Waals surface area (Å²) in [6.45, 7) is 3.14. The predicted molar refractivity (Wildman–Crippen MR) is 46.4 cm³/mol. The fourth-order valence-corrected chi connectivity index (χ4v) is 1.66. The molecule has 1 aliphatic heterocycles. The average Bonchev–Trinajstić information content (AvgIpc) is 2.30. The van der Waals surface area contributed by atoms with Crippen LogP contribution in [0.2, 0.25) is 0 Å². The number of hydrogen-bond donors (Lipinski definition) is 1. The van der Waals surface area contributed by atoms with E-state index in [9.17, 15) is 0 Å². The lowest BCUT2D eigenvalue weighted by molar-refractivity contribution is 0.770. The van der Waals surface area contributed by atoms with Crippen molar-refractivity contribution in [2.24, 2.45) is 5.84 Å². The van der Waals surface area contributed by atoms with Gasteiger partial charge in [-0.2, -0.15) is 0 Å². The van der Waals surface area contributed by atoms with Crippen LogP contribution < -0.4 is 10.9 Å². The average molecular weight is 148 g/mol. The highest BCUT2D eigenvalue weighted by molar-refractivity contribution is 5.58. The summed E-state index contributed by atoms with van der Waals surface area (Å²) in [5, 5.41) is 1.82. The van der Waals surface area contributed by atoms with Crippen molar-refractivity contribution in [2.45, 2.75) is 12.8 Å². The molecular formula is C9H12N2. The van der Waals surface area contributed by atoms with E-state index in [0.717, 1.165) is 6.54 Å². The second kappa shape index (κ2) is 2.24. The Labute approximate surface area is 66.6 Å². The van der Waals surface area contributed by atoms with E-state index in [1.807, 2.05) is 11.1 Å². The summed E-state index contributed by atoms with van der Waals surface area (Å²) in [5.41, 5.74) is 2.55. The molecule has 2 rings (SSSR count). The first-order valence-corrected chi connectivity index (χ1v) is 3.90. The molecule has 1 atom stereocenters. The number of hydrazine groups is 1. The summed E-state index contributed by atoms with van der Waals surface area (Å²) >= 11 is 0. The first-order valence-electron chi connectivity index (χ1n) is 3.90. The van der Waals surface area contributed by atoms with Gasteiger partial charge in [-0.1, -0.05) is 25.1 Å². The number of nitrogens with two attached hydrogens (primary N) is 1. The van der Waals surface area contributed by atoms with Gasteiger partial charge in [0, 0.05) is 12.5 Å². The maximum Gasteiger partial charge on any atom is 0.0552 e. The van der Waals surface area contributed by atoms with Crippen molar-refractivity contribution in [3.05, 3.63) is 29.8 Å². The number of hydrogen-bond acceptors (Lipinski definition) is 2. The fraction of sp³-hybridized carbons (Fsp3) is 0.333. The Balaban J connectivity index is 2.52. The van der Waals surface area contributed by atoms with E-state index in [1.54, 1.807) is 0 Å². The van der Waals surface area contributed by atoms with Gasteiger partial charge in [-0.3, -0.25) is 0 Å². The van der Waals surface area contributed by atoms with E-state index in [1.165, 1.54) is 11.3 Å². The van der Waals surface area contributed by atoms with E-state index < -0.39 is 0 Å². The van der Waals surface area contributed by atoms with Crippen LogP contribution in [0.15, 0.2) is 24.3 Å². The van der Waals surface area contributed by atoms with Crippen LogP contribution in [-0.2, 0) is 0 Å². The molecule has 0 aromatic heterocycles. The third-order valence-electron chi connectivity index (χ3n) is 2.25. The SMILES string of the molecule is CC1CN(N)c2ccccc21.